The number of hydrogen-bond donors (Lipinski definition) is 3. The number of nitro groups is 1. The van der Waals surface area contributed by atoms with Crippen LogP contribution in [0.15, 0.2) is 48.5 Å². The number of ether oxygens (including phenoxy) is 1. The van der Waals surface area contributed by atoms with Crippen LogP contribution in [0.1, 0.15) is 0 Å². The molecule has 0 heterocycles. The summed E-state index contributed by atoms with van der Waals surface area (Å²) in [5, 5.41) is 25.2. The maximum Gasteiger partial charge on any atom is 0.269 e. The van der Waals surface area contributed by atoms with Crippen LogP contribution in [-0.4, -0.2) is 27.7 Å². The minimum Gasteiger partial charge on any atom is -0.506 e. The maximum absolute atomic E-state index is 11.7. The predicted octanol–water partition coefficient (Wildman–Crippen LogP) is 2.19. The van der Waals surface area contributed by atoms with Crippen LogP contribution in [0, 0.1) is 10.1 Å². The first-order chi connectivity index (χ1) is 11.5. The van der Waals surface area contributed by atoms with Crippen LogP contribution in [0.4, 0.5) is 11.4 Å². The molecule has 24 heavy (non-hydrogen) atoms. The predicted molar refractivity (Wildman–Crippen MR) is 91.1 cm³/mol. The molecular weight excluding hydrogens is 334 g/mol. The summed E-state index contributed by atoms with van der Waals surface area (Å²) >= 11 is 4.96. The SMILES string of the molecule is O=C(COc1ccc([N+](=O)[O-])cc1)NC(=S)Nc1ccccc1O. The van der Waals surface area contributed by atoms with Crippen molar-refractivity contribution in [3.8, 4) is 11.5 Å². The van der Waals surface area contributed by atoms with E-state index in [1.54, 1.807) is 18.2 Å². The molecule has 0 atom stereocenters. The van der Waals surface area contributed by atoms with E-state index in [9.17, 15) is 20.0 Å². The number of aromatic hydroxyl groups is 1. The van der Waals surface area contributed by atoms with Crippen molar-refractivity contribution >= 4 is 34.6 Å². The highest BCUT2D eigenvalue weighted by atomic mass is 32.1. The highest BCUT2D eigenvalue weighted by Crippen LogP contribution is 2.21. The number of anilines is 1. The Morgan fingerprint density at radius 3 is 2.50 bits per heavy atom. The van der Waals surface area contributed by atoms with Gasteiger partial charge in [0.05, 0.1) is 10.6 Å². The number of carbonyl (C=O) groups is 1. The summed E-state index contributed by atoms with van der Waals surface area (Å²) < 4.78 is 5.21. The normalized spacial score (nSPS) is 9.83. The largest absolute Gasteiger partial charge is 0.506 e. The summed E-state index contributed by atoms with van der Waals surface area (Å²) in [4.78, 5) is 21.7. The molecule has 0 aromatic heterocycles. The van der Waals surface area contributed by atoms with Crippen LogP contribution in [0.25, 0.3) is 0 Å². The van der Waals surface area contributed by atoms with Crippen molar-refractivity contribution in [2.24, 2.45) is 0 Å². The van der Waals surface area contributed by atoms with E-state index < -0.39 is 10.8 Å². The number of phenols is 1. The van der Waals surface area contributed by atoms with E-state index >= 15 is 0 Å². The Balaban J connectivity index is 1.81. The molecule has 1 amide bonds. The molecule has 0 aliphatic heterocycles. The van der Waals surface area contributed by atoms with E-state index in [2.05, 4.69) is 10.6 Å². The fourth-order valence-corrected chi connectivity index (χ4v) is 1.93. The zero-order chi connectivity index (χ0) is 17.5. The summed E-state index contributed by atoms with van der Waals surface area (Å²) in [5.41, 5.74) is 0.291. The molecule has 2 aromatic rings. The molecule has 0 saturated carbocycles. The minimum atomic E-state index is -0.528. The smallest absolute Gasteiger partial charge is 0.269 e. The van der Waals surface area contributed by atoms with Crippen molar-refractivity contribution < 1.29 is 19.6 Å². The van der Waals surface area contributed by atoms with Crippen LogP contribution >= 0.6 is 12.2 Å². The number of nitrogens with zero attached hydrogens (tertiary/aromatic N) is 1. The number of non-ortho nitro benzene ring substituents is 1. The summed E-state index contributed by atoms with van der Waals surface area (Å²) in [7, 11) is 0. The highest BCUT2D eigenvalue weighted by molar-refractivity contribution is 7.80. The highest BCUT2D eigenvalue weighted by Gasteiger charge is 2.09. The van der Waals surface area contributed by atoms with Gasteiger partial charge in [-0.05, 0) is 36.5 Å². The Kier molecular flexibility index (Phi) is 5.63. The van der Waals surface area contributed by atoms with Gasteiger partial charge < -0.3 is 15.2 Å². The summed E-state index contributed by atoms with van der Waals surface area (Å²) in [6.07, 6.45) is 0. The summed E-state index contributed by atoms with van der Waals surface area (Å²) in [5.74, 6) is -0.201. The van der Waals surface area contributed by atoms with E-state index in [1.807, 2.05) is 0 Å². The molecule has 0 aliphatic carbocycles. The molecule has 0 saturated heterocycles. The first-order valence-corrected chi connectivity index (χ1v) is 7.12. The number of nitrogens with one attached hydrogen (secondary N) is 2. The minimum absolute atomic E-state index is 0.00349. The van der Waals surface area contributed by atoms with Gasteiger partial charge >= 0.3 is 0 Å². The lowest BCUT2D eigenvalue weighted by molar-refractivity contribution is -0.384. The topological polar surface area (TPSA) is 114 Å². The van der Waals surface area contributed by atoms with Gasteiger partial charge in [0.2, 0.25) is 0 Å². The number of hydrogen-bond acceptors (Lipinski definition) is 6. The number of rotatable bonds is 5. The fraction of sp³-hybridized carbons (Fsp3) is 0.0667. The lowest BCUT2D eigenvalue weighted by atomic mass is 10.3. The number of amides is 1. The van der Waals surface area contributed by atoms with Crippen molar-refractivity contribution in [3.63, 3.8) is 0 Å². The number of benzene rings is 2. The second-order valence-electron chi connectivity index (χ2n) is 4.56. The monoisotopic (exact) mass is 347 g/mol. The Hall–Kier alpha value is -3.20. The van der Waals surface area contributed by atoms with E-state index in [0.717, 1.165) is 0 Å². The summed E-state index contributed by atoms with van der Waals surface area (Å²) in [6, 6.07) is 11.8. The number of carbonyl (C=O) groups excluding carboxylic acids is 1. The van der Waals surface area contributed by atoms with Gasteiger partial charge in [-0.1, -0.05) is 12.1 Å². The number of nitro benzene ring substituents is 1. The van der Waals surface area contributed by atoms with Crippen LogP contribution in [-0.2, 0) is 4.79 Å². The average molecular weight is 347 g/mol. The second kappa shape index (κ2) is 7.88. The Morgan fingerprint density at radius 1 is 1.21 bits per heavy atom. The van der Waals surface area contributed by atoms with Gasteiger partial charge in [0, 0.05) is 12.1 Å². The van der Waals surface area contributed by atoms with Gasteiger partial charge in [-0.25, -0.2) is 0 Å². The van der Waals surface area contributed by atoms with Gasteiger partial charge in [0.25, 0.3) is 11.6 Å². The second-order valence-corrected chi connectivity index (χ2v) is 4.97. The van der Waals surface area contributed by atoms with Crippen LogP contribution < -0.4 is 15.4 Å². The van der Waals surface area contributed by atoms with E-state index in [0.29, 0.717) is 11.4 Å². The molecule has 0 fully saturated rings. The van der Waals surface area contributed by atoms with Gasteiger partial charge in [0.15, 0.2) is 11.7 Å². The first kappa shape index (κ1) is 17.2. The van der Waals surface area contributed by atoms with Gasteiger partial charge in [-0.3, -0.25) is 20.2 Å². The third-order valence-corrected chi connectivity index (χ3v) is 3.03. The van der Waals surface area contributed by atoms with Crippen LogP contribution in [0.3, 0.4) is 0 Å². The lowest BCUT2D eigenvalue weighted by Crippen LogP contribution is -2.37. The zero-order valence-corrected chi connectivity index (χ0v) is 13.1. The molecule has 0 spiro atoms. The standard InChI is InChI=1S/C15H13N3O5S/c19-13-4-2-1-3-12(13)16-15(24)17-14(20)9-23-11-7-5-10(6-8-11)18(21)22/h1-8,19H,9H2,(H2,16,17,20,24). The molecule has 0 radical (unpaired) electrons. The fourth-order valence-electron chi connectivity index (χ4n) is 1.71. The molecule has 3 N–H and O–H groups in total. The van der Waals surface area contributed by atoms with Crippen LogP contribution in [0.2, 0.25) is 0 Å². The van der Waals surface area contributed by atoms with Crippen molar-refractivity contribution in [3.05, 3.63) is 58.6 Å². The zero-order valence-electron chi connectivity index (χ0n) is 12.3. The van der Waals surface area contributed by atoms with Crippen molar-refractivity contribution in [1.82, 2.24) is 5.32 Å². The summed E-state index contributed by atoms with van der Waals surface area (Å²) in [6.45, 7) is -0.319. The van der Waals surface area contributed by atoms with Crippen molar-refractivity contribution in [2.75, 3.05) is 11.9 Å². The molecule has 2 aromatic carbocycles. The lowest BCUT2D eigenvalue weighted by Gasteiger charge is -2.11. The van der Waals surface area contributed by atoms with Crippen molar-refractivity contribution in [2.45, 2.75) is 0 Å². The Labute approximate surface area is 142 Å². The van der Waals surface area contributed by atoms with Gasteiger partial charge in [-0.15, -0.1) is 0 Å². The van der Waals surface area contributed by atoms with Gasteiger partial charge in [-0.2, -0.15) is 0 Å². The Bertz CT molecular complexity index is 764. The number of para-hydroxylation sites is 2. The molecule has 9 heteroatoms. The molecule has 0 aliphatic rings. The number of phenolic OH excluding ortho intramolecular Hbond substituents is 1. The van der Waals surface area contributed by atoms with Crippen LogP contribution in [0.5, 0.6) is 11.5 Å². The van der Waals surface area contributed by atoms with Gasteiger partial charge in [0.1, 0.15) is 11.5 Å². The Morgan fingerprint density at radius 2 is 1.88 bits per heavy atom. The third kappa shape index (κ3) is 4.92. The molecule has 124 valence electrons. The quantitative estimate of drug-likeness (QED) is 0.329. The molecule has 0 bridgehead atoms. The van der Waals surface area contributed by atoms with Crippen molar-refractivity contribution in [1.29, 1.82) is 0 Å². The molecule has 2 rings (SSSR count). The van der Waals surface area contributed by atoms with E-state index in [1.165, 1.54) is 30.3 Å². The van der Waals surface area contributed by atoms with E-state index in [-0.39, 0.29) is 23.2 Å². The maximum atomic E-state index is 11.7. The first-order valence-electron chi connectivity index (χ1n) is 6.72. The third-order valence-electron chi connectivity index (χ3n) is 2.82. The molecular formula is C15H13N3O5S. The molecule has 8 nitrogen and oxygen atoms in total. The van der Waals surface area contributed by atoms with E-state index in [4.69, 9.17) is 17.0 Å². The molecule has 0 unspecified atom stereocenters. The number of thiocarbonyl (C=S) groups is 1. The average Bonchev–Trinajstić information content (AvgIpc) is 2.55.